The summed E-state index contributed by atoms with van der Waals surface area (Å²) in [5.41, 5.74) is -0.649. The van der Waals surface area contributed by atoms with Crippen LogP contribution in [-0.2, 0) is 10.2 Å². The first-order chi connectivity index (χ1) is 8.44. The zero-order chi connectivity index (χ0) is 13.3. The van der Waals surface area contributed by atoms with Gasteiger partial charge in [0, 0.05) is 4.90 Å². The first-order valence-corrected chi connectivity index (χ1v) is 6.29. The lowest BCUT2D eigenvalue weighted by atomic mass is 9.63. The lowest BCUT2D eigenvalue weighted by Crippen LogP contribution is -2.50. The summed E-state index contributed by atoms with van der Waals surface area (Å²) in [7, 11) is 0. The van der Waals surface area contributed by atoms with Gasteiger partial charge in [0.05, 0.1) is 11.5 Å². The van der Waals surface area contributed by atoms with Gasteiger partial charge in [-0.3, -0.25) is 4.79 Å². The number of benzene rings is 1. The molecular weight excluding hydrogens is 262 g/mol. The second-order valence-corrected chi connectivity index (χ2v) is 5.42. The topological polar surface area (TPSA) is 57.5 Å². The molecule has 6 heteroatoms. The fourth-order valence-corrected chi connectivity index (χ4v) is 2.81. The van der Waals surface area contributed by atoms with Crippen LogP contribution in [0.15, 0.2) is 29.2 Å². The van der Waals surface area contributed by atoms with Gasteiger partial charge in [-0.15, -0.1) is 0 Å². The minimum absolute atomic E-state index is 0.130. The molecule has 18 heavy (non-hydrogen) atoms. The smallest absolute Gasteiger partial charge is 0.314 e. The Kier molecular flexibility index (Phi) is 3.59. The fourth-order valence-electron chi connectivity index (χ4n) is 2.25. The molecule has 0 bridgehead atoms. The van der Waals surface area contributed by atoms with Crippen molar-refractivity contribution >= 4 is 17.7 Å². The van der Waals surface area contributed by atoms with E-state index in [2.05, 4.69) is 0 Å². The fraction of sp³-hybridized carbons (Fsp3) is 0.417. The van der Waals surface area contributed by atoms with Gasteiger partial charge in [0.25, 0.3) is 5.76 Å². The van der Waals surface area contributed by atoms with Crippen molar-refractivity contribution in [2.75, 3.05) is 0 Å². The molecular formula is C12H12F2O3S. The van der Waals surface area contributed by atoms with E-state index in [0.717, 1.165) is 0 Å². The van der Waals surface area contributed by atoms with Gasteiger partial charge in [-0.1, -0.05) is 23.9 Å². The second kappa shape index (κ2) is 4.85. The summed E-state index contributed by atoms with van der Waals surface area (Å²) < 4.78 is 24.5. The van der Waals surface area contributed by atoms with Crippen LogP contribution in [0, 0.1) is 0 Å². The predicted molar refractivity (Wildman–Crippen MR) is 62.9 cm³/mol. The van der Waals surface area contributed by atoms with Gasteiger partial charge in [0.2, 0.25) is 0 Å². The number of carbonyl (C=O) groups is 1. The lowest BCUT2D eigenvalue weighted by molar-refractivity contribution is -0.152. The molecule has 0 heterocycles. The van der Waals surface area contributed by atoms with Crippen molar-refractivity contribution in [3.05, 3.63) is 29.8 Å². The number of thioether (sulfide) groups is 1. The normalized spacial score (nSPS) is 27.0. The zero-order valence-electron chi connectivity index (χ0n) is 9.35. The Morgan fingerprint density at radius 3 is 2.61 bits per heavy atom. The van der Waals surface area contributed by atoms with Crippen LogP contribution < -0.4 is 0 Å². The molecule has 1 saturated carbocycles. The molecule has 2 N–H and O–H groups in total. The van der Waals surface area contributed by atoms with Crippen LogP contribution in [0.5, 0.6) is 0 Å². The summed E-state index contributed by atoms with van der Waals surface area (Å²) in [5, 5.41) is 18.6. The van der Waals surface area contributed by atoms with Crippen LogP contribution in [0.3, 0.4) is 0 Å². The van der Waals surface area contributed by atoms with E-state index in [4.69, 9.17) is 0 Å². The van der Waals surface area contributed by atoms with Crippen molar-refractivity contribution in [2.24, 2.45) is 0 Å². The summed E-state index contributed by atoms with van der Waals surface area (Å²) in [6.45, 7) is 0. The first-order valence-electron chi connectivity index (χ1n) is 5.41. The van der Waals surface area contributed by atoms with E-state index >= 15 is 0 Å². The highest BCUT2D eigenvalue weighted by atomic mass is 32.2. The molecule has 0 radical (unpaired) electrons. The summed E-state index contributed by atoms with van der Waals surface area (Å²) in [6, 6.07) is 6.16. The highest BCUT2D eigenvalue weighted by Crippen LogP contribution is 2.45. The average molecular weight is 274 g/mol. The number of hydrogen-bond acceptors (Lipinski definition) is 3. The summed E-state index contributed by atoms with van der Waals surface area (Å²) >= 11 is 0.387. The molecule has 1 aromatic carbocycles. The van der Waals surface area contributed by atoms with E-state index in [1.807, 2.05) is 0 Å². The molecule has 0 atom stereocenters. The predicted octanol–water partition coefficient (Wildman–Crippen LogP) is 2.48. The van der Waals surface area contributed by atoms with E-state index in [1.54, 1.807) is 12.1 Å². The van der Waals surface area contributed by atoms with Crippen molar-refractivity contribution in [1.29, 1.82) is 0 Å². The van der Waals surface area contributed by atoms with Crippen LogP contribution in [-0.4, -0.2) is 28.0 Å². The van der Waals surface area contributed by atoms with Crippen LogP contribution >= 0.6 is 11.8 Å². The van der Waals surface area contributed by atoms with Crippen molar-refractivity contribution in [3.63, 3.8) is 0 Å². The highest BCUT2D eigenvalue weighted by Gasteiger charge is 2.51. The van der Waals surface area contributed by atoms with E-state index in [-0.39, 0.29) is 12.8 Å². The zero-order valence-corrected chi connectivity index (χ0v) is 10.2. The number of carboxylic acid groups (broad SMARTS) is 1. The molecule has 2 rings (SSSR count). The van der Waals surface area contributed by atoms with Crippen molar-refractivity contribution in [2.45, 2.75) is 35.0 Å². The molecule has 1 aliphatic carbocycles. The Balaban J connectivity index is 2.29. The van der Waals surface area contributed by atoms with Crippen LogP contribution in [0.4, 0.5) is 8.78 Å². The number of hydrogen-bond donors (Lipinski definition) is 2. The average Bonchev–Trinajstić information content (AvgIpc) is 2.23. The van der Waals surface area contributed by atoms with Gasteiger partial charge in [-0.25, -0.2) is 0 Å². The third-order valence-electron chi connectivity index (χ3n) is 3.19. The van der Waals surface area contributed by atoms with Gasteiger partial charge in [-0.05, 0) is 30.5 Å². The standard InChI is InChI=1S/C12H12F2O3S/c13-11(14)18-9-3-1-2-7(4-9)12(10(16)17)5-8(15)6-12/h1-4,8,11,15H,5-6H2,(H,16,17). The summed E-state index contributed by atoms with van der Waals surface area (Å²) in [5.74, 6) is -3.56. The van der Waals surface area contributed by atoms with Gasteiger partial charge in [0.15, 0.2) is 0 Å². The van der Waals surface area contributed by atoms with Gasteiger partial charge in [0.1, 0.15) is 0 Å². The Bertz CT molecular complexity index is 458. The molecule has 0 saturated heterocycles. The molecule has 0 aliphatic heterocycles. The van der Waals surface area contributed by atoms with E-state index in [1.165, 1.54) is 12.1 Å². The molecule has 3 nitrogen and oxygen atoms in total. The van der Waals surface area contributed by atoms with Gasteiger partial charge >= 0.3 is 5.97 Å². The number of alkyl halides is 2. The Morgan fingerprint density at radius 1 is 1.44 bits per heavy atom. The lowest BCUT2D eigenvalue weighted by Gasteiger charge is -2.42. The minimum Gasteiger partial charge on any atom is -0.481 e. The van der Waals surface area contributed by atoms with Crippen molar-refractivity contribution in [1.82, 2.24) is 0 Å². The van der Waals surface area contributed by atoms with E-state index < -0.39 is 23.2 Å². The number of rotatable bonds is 4. The molecule has 1 fully saturated rings. The minimum atomic E-state index is -2.53. The third kappa shape index (κ3) is 2.35. The molecule has 0 spiro atoms. The van der Waals surface area contributed by atoms with E-state index in [0.29, 0.717) is 22.2 Å². The molecule has 1 aromatic rings. The number of aliphatic hydroxyl groups is 1. The molecule has 0 unspecified atom stereocenters. The largest absolute Gasteiger partial charge is 0.481 e. The van der Waals surface area contributed by atoms with Crippen molar-refractivity contribution in [3.8, 4) is 0 Å². The van der Waals surface area contributed by atoms with E-state index in [9.17, 15) is 23.8 Å². The third-order valence-corrected chi connectivity index (χ3v) is 3.89. The monoisotopic (exact) mass is 274 g/mol. The second-order valence-electron chi connectivity index (χ2n) is 4.36. The Labute approximate surface area is 107 Å². The molecule has 0 amide bonds. The maximum atomic E-state index is 12.3. The van der Waals surface area contributed by atoms with Crippen LogP contribution in [0.1, 0.15) is 18.4 Å². The highest BCUT2D eigenvalue weighted by molar-refractivity contribution is 7.99. The molecule has 1 aliphatic rings. The number of aliphatic hydroxyl groups excluding tert-OH is 1. The summed E-state index contributed by atoms with van der Waals surface area (Å²) in [4.78, 5) is 11.7. The number of carboxylic acids is 1. The number of halogens is 2. The van der Waals surface area contributed by atoms with Crippen molar-refractivity contribution < 1.29 is 23.8 Å². The number of aliphatic carboxylic acids is 1. The quantitative estimate of drug-likeness (QED) is 0.828. The molecule has 98 valence electrons. The SMILES string of the molecule is O=C(O)C1(c2cccc(SC(F)F)c2)CC(O)C1. The van der Waals surface area contributed by atoms with Gasteiger partial charge < -0.3 is 10.2 Å². The Morgan fingerprint density at radius 2 is 2.11 bits per heavy atom. The van der Waals surface area contributed by atoms with Crippen LogP contribution in [0.2, 0.25) is 0 Å². The maximum absolute atomic E-state index is 12.3. The Hall–Kier alpha value is -1.14. The first kappa shape index (κ1) is 13.3. The van der Waals surface area contributed by atoms with Gasteiger partial charge in [-0.2, -0.15) is 8.78 Å². The molecule has 0 aromatic heterocycles. The maximum Gasteiger partial charge on any atom is 0.314 e. The summed E-state index contributed by atoms with van der Waals surface area (Å²) in [6.07, 6.45) is -0.372. The van der Waals surface area contributed by atoms with Crippen LogP contribution in [0.25, 0.3) is 0 Å².